The SMILES string of the molecule is CC(C)(C)P(C1=Cc2ccccc2[CH]1[Hf+2][c]1cccc2c1Cc1ccccc1-2)C(C)(C)C.[Cl-].[Cl-]. The monoisotopic (exact) mass is 674 g/mol. The number of hydrogen-bond donors (Lipinski definition) is 0. The van der Waals surface area contributed by atoms with Crippen molar-refractivity contribution in [2.75, 3.05) is 0 Å². The number of halogens is 2. The van der Waals surface area contributed by atoms with Crippen molar-refractivity contribution in [3.8, 4) is 11.1 Å². The maximum absolute atomic E-state index is 2.60. The Hall–Kier alpha value is -0.720. The summed E-state index contributed by atoms with van der Waals surface area (Å²) in [5.74, 6) is 0. The Labute approximate surface area is 231 Å². The van der Waals surface area contributed by atoms with E-state index in [1.54, 1.807) is 19.8 Å². The van der Waals surface area contributed by atoms with Crippen molar-refractivity contribution in [2.45, 2.75) is 61.9 Å². The second kappa shape index (κ2) is 10.3. The van der Waals surface area contributed by atoms with Gasteiger partial charge in [-0.3, -0.25) is 0 Å². The van der Waals surface area contributed by atoms with Gasteiger partial charge in [-0.1, -0.05) is 0 Å². The molecule has 0 saturated carbocycles. The van der Waals surface area contributed by atoms with Crippen molar-refractivity contribution in [1.29, 1.82) is 0 Å². The smallest absolute Gasteiger partial charge is 1.00 e. The van der Waals surface area contributed by atoms with Crippen LogP contribution < -0.4 is 28.1 Å². The van der Waals surface area contributed by atoms with Gasteiger partial charge in [0.25, 0.3) is 0 Å². The standard InChI is InChI=1S/C17H24P.C13H9.2ClH.Hf/c1-16(2,3)18(17(4,5)6)15-11-13-9-7-8-10-14(13)12-15;1-3-7-12-10(5-1)9-11-6-2-4-8-13(11)12;;;/h7-12H,1-6H3;1-5,7-8H,9H2;2*1H;/q;;;;+2/p-2. The molecule has 34 heavy (non-hydrogen) atoms. The van der Waals surface area contributed by atoms with Gasteiger partial charge >= 0.3 is 208 Å². The number of fused-ring (bicyclic) bond motifs is 4. The zero-order valence-electron chi connectivity index (χ0n) is 20.9. The van der Waals surface area contributed by atoms with Crippen LogP contribution in [0.15, 0.2) is 72.0 Å². The summed E-state index contributed by atoms with van der Waals surface area (Å²) < 4.78 is 2.40. The normalized spacial score (nSPS) is 16.0. The second-order valence-corrected chi connectivity index (χ2v) is 20.0. The molecule has 0 saturated heterocycles. The molecule has 0 heterocycles. The van der Waals surface area contributed by atoms with Crippen LogP contribution in [0.25, 0.3) is 17.2 Å². The third-order valence-corrected chi connectivity index (χ3v) is 17.2. The third-order valence-electron chi connectivity index (χ3n) is 6.66. The summed E-state index contributed by atoms with van der Waals surface area (Å²) in [5.41, 5.74) is 9.19. The maximum atomic E-state index is 2.60. The molecule has 0 spiro atoms. The van der Waals surface area contributed by atoms with Gasteiger partial charge in [-0.25, -0.2) is 0 Å². The molecule has 4 heteroatoms. The molecule has 0 bridgehead atoms. The van der Waals surface area contributed by atoms with Crippen molar-refractivity contribution in [3.05, 3.63) is 94.3 Å². The summed E-state index contributed by atoms with van der Waals surface area (Å²) in [6.07, 6.45) is 3.72. The zero-order valence-corrected chi connectivity index (χ0v) is 26.9. The van der Waals surface area contributed by atoms with E-state index < -0.39 is 22.9 Å². The molecule has 0 fully saturated rings. The molecule has 1 atom stereocenters. The van der Waals surface area contributed by atoms with Gasteiger partial charge in [0, 0.05) is 0 Å². The van der Waals surface area contributed by atoms with Gasteiger partial charge in [0.15, 0.2) is 0 Å². The van der Waals surface area contributed by atoms with Crippen molar-refractivity contribution >= 4 is 17.3 Å². The van der Waals surface area contributed by atoms with Crippen molar-refractivity contribution in [3.63, 3.8) is 0 Å². The Morgan fingerprint density at radius 1 is 0.735 bits per heavy atom. The van der Waals surface area contributed by atoms with Crippen LogP contribution in [0.3, 0.4) is 0 Å². The van der Waals surface area contributed by atoms with Crippen molar-refractivity contribution in [1.82, 2.24) is 0 Å². The van der Waals surface area contributed by atoms with E-state index >= 15 is 0 Å². The van der Waals surface area contributed by atoms with Gasteiger partial charge in [0.1, 0.15) is 0 Å². The fourth-order valence-electron chi connectivity index (χ4n) is 5.88. The van der Waals surface area contributed by atoms with Gasteiger partial charge in [-0.05, 0) is 0 Å². The average molecular weight is 674 g/mol. The fourth-order valence-corrected chi connectivity index (χ4v) is 17.6. The number of hydrogen-bond acceptors (Lipinski definition) is 0. The number of rotatable bonds is 3. The van der Waals surface area contributed by atoms with Crippen LogP contribution in [0.4, 0.5) is 0 Å². The Morgan fingerprint density at radius 2 is 1.35 bits per heavy atom. The van der Waals surface area contributed by atoms with Crippen LogP contribution in [0, 0.1) is 0 Å². The van der Waals surface area contributed by atoms with Crippen LogP contribution in [0.2, 0.25) is 0 Å². The summed E-state index contributed by atoms with van der Waals surface area (Å²) in [7, 11) is -0.269. The predicted molar refractivity (Wildman–Crippen MR) is 138 cm³/mol. The summed E-state index contributed by atoms with van der Waals surface area (Å²) in [6.45, 7) is 14.8. The molecule has 0 nitrogen and oxygen atoms in total. The topological polar surface area (TPSA) is 0 Å². The molecule has 176 valence electrons. The van der Waals surface area contributed by atoms with E-state index in [1.807, 2.05) is 0 Å². The molecule has 5 rings (SSSR count). The largest absolute Gasteiger partial charge is 1.00 e. The molecule has 2 aliphatic carbocycles. The van der Waals surface area contributed by atoms with Crippen LogP contribution in [0.1, 0.15) is 67.5 Å². The molecule has 3 aromatic carbocycles. The Bertz CT molecular complexity index is 1200. The first-order valence-electron chi connectivity index (χ1n) is 11.7. The Kier molecular flexibility index (Phi) is 8.47. The van der Waals surface area contributed by atoms with Crippen LogP contribution in [0.5, 0.6) is 0 Å². The Morgan fingerprint density at radius 3 is 2.06 bits per heavy atom. The van der Waals surface area contributed by atoms with E-state index in [4.69, 9.17) is 0 Å². The van der Waals surface area contributed by atoms with Gasteiger partial charge in [-0.15, -0.1) is 0 Å². The zero-order chi connectivity index (χ0) is 22.7. The minimum Gasteiger partial charge on any atom is -1.00 e. The van der Waals surface area contributed by atoms with Crippen molar-refractivity contribution < 1.29 is 47.7 Å². The number of benzene rings is 3. The first-order chi connectivity index (χ1) is 15.1. The molecular weight excluding hydrogens is 641 g/mol. The van der Waals surface area contributed by atoms with Gasteiger partial charge in [-0.2, -0.15) is 0 Å². The van der Waals surface area contributed by atoms with Crippen LogP contribution in [-0.2, 0) is 29.3 Å². The maximum Gasteiger partial charge on any atom is -1.00 e. The van der Waals surface area contributed by atoms with Crippen LogP contribution >= 0.6 is 7.92 Å². The summed E-state index contributed by atoms with van der Waals surface area (Å²) >= 11 is -1.19. The molecule has 0 N–H and O–H groups in total. The second-order valence-electron chi connectivity index (χ2n) is 11.1. The van der Waals surface area contributed by atoms with Crippen molar-refractivity contribution in [2.24, 2.45) is 0 Å². The Balaban J connectivity index is 0.00000162. The molecular formula is C30H33Cl2HfP. The summed E-state index contributed by atoms with van der Waals surface area (Å²) in [4.78, 5) is 0. The first-order valence-corrected chi connectivity index (χ1v) is 16.9. The first kappa shape index (κ1) is 27.9. The van der Waals surface area contributed by atoms with Gasteiger partial charge in [0.05, 0.1) is 0 Å². The van der Waals surface area contributed by atoms with Crippen LogP contribution in [-0.4, -0.2) is 10.3 Å². The molecule has 3 aromatic rings. The average Bonchev–Trinajstić information content (AvgIpc) is 3.25. The molecule has 1 unspecified atom stereocenters. The molecule has 0 radical (unpaired) electrons. The van der Waals surface area contributed by atoms with E-state index in [9.17, 15) is 0 Å². The third kappa shape index (κ3) is 5.06. The minimum atomic E-state index is -1.19. The molecule has 0 aliphatic heterocycles. The number of allylic oxidation sites excluding steroid dienone is 1. The minimum absolute atomic E-state index is 0. The van der Waals surface area contributed by atoms with Gasteiger partial charge < -0.3 is 24.8 Å². The summed E-state index contributed by atoms with van der Waals surface area (Å²) in [6, 6.07) is 25.4. The van der Waals surface area contributed by atoms with E-state index in [-0.39, 0.29) is 32.7 Å². The summed E-state index contributed by atoms with van der Waals surface area (Å²) in [5, 5.41) is 2.38. The molecule has 0 amide bonds. The van der Waals surface area contributed by atoms with E-state index in [2.05, 4.69) is 114 Å². The molecule has 2 aliphatic rings. The van der Waals surface area contributed by atoms with Gasteiger partial charge in [0.2, 0.25) is 0 Å². The van der Waals surface area contributed by atoms with E-state index in [0.29, 0.717) is 14.0 Å². The van der Waals surface area contributed by atoms with E-state index in [1.165, 1.54) is 22.3 Å². The quantitative estimate of drug-likeness (QED) is 0.231. The molecule has 0 aromatic heterocycles. The fraction of sp³-hybridized carbons (Fsp3) is 0.333. The predicted octanol–water partition coefficient (Wildman–Crippen LogP) is 2.15. The van der Waals surface area contributed by atoms with E-state index in [0.717, 1.165) is 6.42 Å².